The van der Waals surface area contributed by atoms with Crippen LogP contribution in [0.15, 0.2) is 142 Å². The molecular formula is C43H27N3O2. The molecule has 0 unspecified atom stereocenters. The predicted molar refractivity (Wildman–Crippen MR) is 193 cm³/mol. The van der Waals surface area contributed by atoms with Crippen molar-refractivity contribution in [3.05, 3.63) is 145 Å². The first kappa shape index (κ1) is 26.8. The molecule has 0 fully saturated rings. The van der Waals surface area contributed by atoms with E-state index in [0.717, 1.165) is 84.5 Å². The van der Waals surface area contributed by atoms with Crippen molar-refractivity contribution in [3.8, 4) is 45.3 Å². The number of furan rings is 2. The smallest absolute Gasteiger partial charge is 0.164 e. The van der Waals surface area contributed by atoms with Crippen LogP contribution in [0.3, 0.4) is 0 Å². The second-order valence-electron chi connectivity index (χ2n) is 12.3. The van der Waals surface area contributed by atoms with Gasteiger partial charge in [0.2, 0.25) is 0 Å². The Balaban J connectivity index is 1.21. The quantitative estimate of drug-likeness (QED) is 0.197. The second-order valence-corrected chi connectivity index (χ2v) is 12.3. The van der Waals surface area contributed by atoms with E-state index in [9.17, 15) is 0 Å². The largest absolute Gasteiger partial charge is 0.456 e. The molecule has 0 N–H and O–H groups in total. The van der Waals surface area contributed by atoms with E-state index in [1.165, 1.54) is 11.1 Å². The number of allylic oxidation sites excluding steroid dienone is 1. The highest BCUT2D eigenvalue weighted by Gasteiger charge is 2.21. The number of rotatable bonds is 4. The summed E-state index contributed by atoms with van der Waals surface area (Å²) in [5, 5.41) is 4.16. The van der Waals surface area contributed by atoms with E-state index >= 15 is 0 Å². The Bertz CT molecular complexity index is 2740. The van der Waals surface area contributed by atoms with Gasteiger partial charge in [-0.05, 0) is 72.0 Å². The molecule has 5 nitrogen and oxygen atoms in total. The summed E-state index contributed by atoms with van der Waals surface area (Å²) in [7, 11) is 0. The van der Waals surface area contributed by atoms with Gasteiger partial charge in [0.15, 0.2) is 17.5 Å². The number of hydrogen-bond donors (Lipinski definition) is 0. The molecule has 3 heterocycles. The monoisotopic (exact) mass is 617 g/mol. The molecule has 0 spiro atoms. The summed E-state index contributed by atoms with van der Waals surface area (Å²) < 4.78 is 12.8. The fraction of sp³-hybridized carbons (Fsp3) is 0.0465. The molecule has 0 bridgehead atoms. The van der Waals surface area contributed by atoms with Gasteiger partial charge in [-0.15, -0.1) is 0 Å². The molecule has 0 atom stereocenters. The number of aromatic nitrogens is 3. The van der Waals surface area contributed by atoms with Crippen molar-refractivity contribution in [2.75, 3.05) is 0 Å². The van der Waals surface area contributed by atoms with Gasteiger partial charge in [-0.2, -0.15) is 0 Å². The molecule has 226 valence electrons. The number of hydrogen-bond acceptors (Lipinski definition) is 5. The number of nitrogens with zero attached hydrogens (tertiary/aromatic N) is 3. The van der Waals surface area contributed by atoms with Gasteiger partial charge in [-0.3, -0.25) is 0 Å². The van der Waals surface area contributed by atoms with Gasteiger partial charge in [0.1, 0.15) is 22.3 Å². The summed E-state index contributed by atoms with van der Waals surface area (Å²) in [5.41, 5.74) is 10.8. The van der Waals surface area contributed by atoms with Crippen LogP contribution in [0.1, 0.15) is 17.5 Å². The van der Waals surface area contributed by atoms with E-state index < -0.39 is 0 Å². The number of para-hydroxylation sites is 2. The van der Waals surface area contributed by atoms with Crippen LogP contribution < -0.4 is 0 Å². The van der Waals surface area contributed by atoms with Gasteiger partial charge in [-0.1, -0.05) is 97.1 Å². The van der Waals surface area contributed by atoms with Crippen molar-refractivity contribution in [1.29, 1.82) is 0 Å². The maximum Gasteiger partial charge on any atom is 0.164 e. The maximum absolute atomic E-state index is 6.67. The molecule has 5 heteroatoms. The molecule has 48 heavy (non-hydrogen) atoms. The minimum Gasteiger partial charge on any atom is -0.456 e. The molecule has 9 aromatic rings. The normalized spacial score (nSPS) is 12.8. The first-order valence-electron chi connectivity index (χ1n) is 16.2. The Hall–Kier alpha value is -6.33. The van der Waals surface area contributed by atoms with Crippen molar-refractivity contribution in [3.63, 3.8) is 0 Å². The zero-order valence-corrected chi connectivity index (χ0v) is 25.9. The van der Waals surface area contributed by atoms with Gasteiger partial charge in [0.25, 0.3) is 0 Å². The van der Waals surface area contributed by atoms with Gasteiger partial charge in [0, 0.05) is 43.8 Å². The van der Waals surface area contributed by atoms with Crippen molar-refractivity contribution >= 4 is 50.0 Å². The van der Waals surface area contributed by atoms with Gasteiger partial charge >= 0.3 is 0 Å². The third kappa shape index (κ3) is 4.28. The lowest BCUT2D eigenvalue weighted by Crippen LogP contribution is -2.02. The average molecular weight is 618 g/mol. The Morgan fingerprint density at radius 2 is 1.17 bits per heavy atom. The van der Waals surface area contributed by atoms with Gasteiger partial charge in [0.05, 0.1) is 0 Å². The molecule has 1 aliphatic carbocycles. The first-order chi connectivity index (χ1) is 23.8. The second kappa shape index (κ2) is 10.6. The van der Waals surface area contributed by atoms with Crippen molar-refractivity contribution in [2.24, 2.45) is 0 Å². The van der Waals surface area contributed by atoms with Crippen LogP contribution in [-0.2, 0) is 6.42 Å². The fourth-order valence-corrected chi connectivity index (χ4v) is 7.05. The van der Waals surface area contributed by atoms with E-state index in [1.54, 1.807) is 0 Å². The van der Waals surface area contributed by atoms with E-state index in [2.05, 4.69) is 66.7 Å². The standard InChI is InChI=1S/C43H27N3O2/c1-2-11-27(12-3-1)41-44-42(30-19-18-26-10-4-5-13-28(26)24-30)46-43(45-41)34-22-21-31(40-39(34)33-15-7-9-17-37(33)48-40)29-20-23-38-35(25-29)32-14-6-8-16-36(32)47-38/h1-4,6-12,14-25H,5,13H2. The Morgan fingerprint density at radius 1 is 0.479 bits per heavy atom. The molecule has 0 radical (unpaired) electrons. The number of aryl methyl sites for hydroxylation is 1. The first-order valence-corrected chi connectivity index (χ1v) is 16.2. The van der Waals surface area contributed by atoms with E-state index in [4.69, 9.17) is 23.8 Å². The highest BCUT2D eigenvalue weighted by atomic mass is 16.3. The highest BCUT2D eigenvalue weighted by molar-refractivity contribution is 6.16. The molecule has 0 amide bonds. The summed E-state index contributed by atoms with van der Waals surface area (Å²) in [5.74, 6) is 1.89. The summed E-state index contributed by atoms with van der Waals surface area (Å²) in [4.78, 5) is 15.3. The average Bonchev–Trinajstić information content (AvgIpc) is 3.73. The maximum atomic E-state index is 6.67. The van der Waals surface area contributed by atoms with E-state index in [1.807, 2.05) is 72.8 Å². The number of fused-ring (bicyclic) bond motifs is 7. The summed E-state index contributed by atoms with van der Waals surface area (Å²) in [6.07, 6.45) is 6.48. The number of benzene rings is 6. The molecule has 1 aliphatic rings. The molecule has 3 aromatic heterocycles. The van der Waals surface area contributed by atoms with Crippen molar-refractivity contribution in [1.82, 2.24) is 15.0 Å². The topological polar surface area (TPSA) is 65.0 Å². The van der Waals surface area contributed by atoms with E-state index in [-0.39, 0.29) is 0 Å². The minimum absolute atomic E-state index is 0.607. The fourth-order valence-electron chi connectivity index (χ4n) is 7.05. The van der Waals surface area contributed by atoms with Crippen LogP contribution in [0.2, 0.25) is 0 Å². The molecule has 10 rings (SSSR count). The van der Waals surface area contributed by atoms with Crippen molar-refractivity contribution in [2.45, 2.75) is 12.8 Å². The molecule has 0 saturated carbocycles. The molecule has 6 aromatic carbocycles. The third-order valence-corrected chi connectivity index (χ3v) is 9.40. The SMILES string of the molecule is C1=Cc2ccc(-c3nc(-c4ccccc4)nc(-c4ccc(-c5ccc6oc7ccccc7c6c5)c5oc6ccccc6c45)n3)cc2CC1. The Kier molecular flexibility index (Phi) is 5.93. The van der Waals surface area contributed by atoms with Crippen LogP contribution in [0.25, 0.3) is 95.2 Å². The van der Waals surface area contributed by atoms with Crippen LogP contribution in [0, 0.1) is 0 Å². The van der Waals surface area contributed by atoms with Crippen LogP contribution >= 0.6 is 0 Å². The lowest BCUT2D eigenvalue weighted by atomic mass is 9.95. The zero-order valence-electron chi connectivity index (χ0n) is 25.9. The summed E-state index contributed by atoms with van der Waals surface area (Å²) in [6.45, 7) is 0. The predicted octanol–water partition coefficient (Wildman–Crippen LogP) is 11.3. The Morgan fingerprint density at radius 3 is 2.04 bits per heavy atom. The molecular weight excluding hydrogens is 590 g/mol. The van der Waals surface area contributed by atoms with E-state index in [0.29, 0.717) is 17.5 Å². The lowest BCUT2D eigenvalue weighted by Gasteiger charge is -2.13. The van der Waals surface area contributed by atoms with Crippen LogP contribution in [0.4, 0.5) is 0 Å². The Labute approximate surface area is 275 Å². The highest BCUT2D eigenvalue weighted by Crippen LogP contribution is 2.43. The summed E-state index contributed by atoms with van der Waals surface area (Å²) in [6, 6.07) is 43.6. The van der Waals surface area contributed by atoms with Crippen LogP contribution in [0.5, 0.6) is 0 Å². The summed E-state index contributed by atoms with van der Waals surface area (Å²) >= 11 is 0. The lowest BCUT2D eigenvalue weighted by molar-refractivity contribution is 0.668. The minimum atomic E-state index is 0.607. The molecule has 0 saturated heterocycles. The zero-order chi connectivity index (χ0) is 31.6. The third-order valence-electron chi connectivity index (χ3n) is 9.40. The molecule has 0 aliphatic heterocycles. The van der Waals surface area contributed by atoms with Gasteiger partial charge < -0.3 is 8.83 Å². The van der Waals surface area contributed by atoms with Crippen LogP contribution in [-0.4, -0.2) is 15.0 Å². The van der Waals surface area contributed by atoms with Gasteiger partial charge in [-0.25, -0.2) is 15.0 Å². The van der Waals surface area contributed by atoms with Crippen molar-refractivity contribution < 1.29 is 8.83 Å².